The Bertz CT molecular complexity index is 175. The van der Waals surface area contributed by atoms with Crippen molar-refractivity contribution in [2.75, 3.05) is 0 Å². The molecule has 0 aromatic rings. The molecule has 86 valence electrons. The maximum atomic E-state index is 11.5. The molecule has 2 saturated carbocycles. The van der Waals surface area contributed by atoms with E-state index in [-0.39, 0.29) is 8.46 Å². The van der Waals surface area contributed by atoms with Gasteiger partial charge in [-0.15, -0.1) is 0 Å². The normalized spacial score (nSPS) is 26.2. The van der Waals surface area contributed by atoms with E-state index in [9.17, 15) is 4.57 Å². The van der Waals surface area contributed by atoms with Crippen molar-refractivity contribution in [1.29, 1.82) is 0 Å². The predicted molar refractivity (Wildman–Crippen MR) is 65.9 cm³/mol. The molecule has 2 aliphatic rings. The molecule has 0 saturated heterocycles. The van der Waals surface area contributed by atoms with Gasteiger partial charge in [0.1, 0.15) is 0 Å². The van der Waals surface area contributed by atoms with E-state index in [0.29, 0.717) is 5.66 Å². The van der Waals surface area contributed by atoms with Gasteiger partial charge in [-0.2, -0.15) is 0 Å². The fraction of sp³-hybridized carbons (Fsp3) is 1.00. The monoisotopic (exact) mass is 227 g/mol. The van der Waals surface area contributed by atoms with E-state index in [4.69, 9.17) is 0 Å². The Kier molecular flexibility index (Phi) is 4.62. The van der Waals surface area contributed by atoms with Crippen molar-refractivity contribution in [1.82, 2.24) is 0 Å². The third kappa shape index (κ3) is 3.03. The second kappa shape index (κ2) is 5.99. The predicted octanol–water partition coefficient (Wildman–Crippen LogP) is 4.54. The summed E-state index contributed by atoms with van der Waals surface area (Å²) in [7, 11) is -0.0394. The molecule has 0 heterocycles. The van der Waals surface area contributed by atoms with Crippen LogP contribution in [0.3, 0.4) is 0 Å². The first-order chi connectivity index (χ1) is 7.42. The Balaban J connectivity index is 1.91. The summed E-state index contributed by atoms with van der Waals surface area (Å²) in [5.41, 5.74) is 0.561. The van der Waals surface area contributed by atoms with Crippen LogP contribution in [0.1, 0.15) is 64.2 Å². The average molecular weight is 227 g/mol. The maximum absolute atomic E-state index is 11.5. The van der Waals surface area contributed by atoms with Gasteiger partial charge in [0.05, 0.1) is 0 Å². The molecule has 2 aliphatic carbocycles. The lowest BCUT2D eigenvalue weighted by molar-refractivity contribution is 0.251. The van der Waals surface area contributed by atoms with Crippen LogP contribution in [0.2, 0.25) is 0 Å². The molecule has 0 bridgehead atoms. The van der Waals surface area contributed by atoms with Gasteiger partial charge in [0, 0.05) is 11.8 Å². The van der Waals surface area contributed by atoms with Crippen LogP contribution in [0.25, 0.3) is 0 Å². The van der Waals surface area contributed by atoms with Gasteiger partial charge in [0.2, 0.25) is 0 Å². The smallest absolute Gasteiger partial charge is 0.0771 e. The lowest BCUT2D eigenvalue weighted by Crippen LogP contribution is -2.27. The van der Waals surface area contributed by atoms with Crippen molar-refractivity contribution in [2.24, 2.45) is 11.8 Å². The quantitative estimate of drug-likeness (QED) is 0.647. The second-order valence-electron chi connectivity index (χ2n) is 5.44. The molecule has 0 radical (unpaired) electrons. The summed E-state index contributed by atoms with van der Waals surface area (Å²) in [6.45, 7) is 0. The van der Waals surface area contributed by atoms with Gasteiger partial charge in [0.15, 0.2) is 5.66 Å². The molecule has 0 amide bonds. The van der Waals surface area contributed by atoms with Crippen molar-refractivity contribution < 1.29 is 4.57 Å². The van der Waals surface area contributed by atoms with Crippen molar-refractivity contribution in [3.8, 4) is 0 Å². The van der Waals surface area contributed by atoms with E-state index in [1.165, 1.54) is 64.2 Å². The Morgan fingerprint density at radius 2 is 1.13 bits per heavy atom. The average Bonchev–Trinajstić information content (AvgIpc) is 2.33. The molecule has 15 heavy (non-hydrogen) atoms. The fourth-order valence-electron chi connectivity index (χ4n) is 3.56. The summed E-state index contributed by atoms with van der Waals surface area (Å²) in [4.78, 5) is 0. The first kappa shape index (κ1) is 11.6. The van der Waals surface area contributed by atoms with Crippen LogP contribution >= 0.6 is 8.46 Å². The highest BCUT2D eigenvalue weighted by molar-refractivity contribution is 7.24. The molecular formula is C13H24OP+. The molecule has 0 aromatic carbocycles. The van der Waals surface area contributed by atoms with Gasteiger partial charge in [-0.25, -0.2) is 0 Å². The van der Waals surface area contributed by atoms with Crippen LogP contribution in [0.5, 0.6) is 0 Å². The zero-order chi connectivity index (χ0) is 10.5. The Labute approximate surface area is 95.2 Å². The minimum atomic E-state index is -0.0394. The number of hydrogen-bond donors (Lipinski definition) is 0. The molecule has 1 unspecified atom stereocenters. The van der Waals surface area contributed by atoms with E-state index in [2.05, 4.69) is 0 Å². The summed E-state index contributed by atoms with van der Waals surface area (Å²) in [5.74, 6) is 1.61. The lowest BCUT2D eigenvalue weighted by atomic mass is 9.77. The van der Waals surface area contributed by atoms with Gasteiger partial charge in [0.25, 0.3) is 0 Å². The van der Waals surface area contributed by atoms with Gasteiger partial charge in [-0.3, -0.25) is 0 Å². The number of hydrogen-bond acceptors (Lipinski definition) is 1. The Hall–Kier alpha value is 0.100. The van der Waals surface area contributed by atoms with Crippen LogP contribution < -0.4 is 0 Å². The zero-order valence-electron chi connectivity index (χ0n) is 9.71. The van der Waals surface area contributed by atoms with E-state index >= 15 is 0 Å². The second-order valence-corrected chi connectivity index (χ2v) is 6.34. The molecular weight excluding hydrogens is 203 g/mol. The van der Waals surface area contributed by atoms with E-state index in [1.54, 1.807) is 0 Å². The van der Waals surface area contributed by atoms with E-state index in [1.807, 2.05) is 0 Å². The minimum Gasteiger partial charge on any atom is -0.0771 e. The highest BCUT2D eigenvalue weighted by Crippen LogP contribution is 2.41. The highest BCUT2D eigenvalue weighted by Gasteiger charge is 2.36. The van der Waals surface area contributed by atoms with Crippen molar-refractivity contribution in [3.05, 3.63) is 0 Å². The fourth-order valence-corrected chi connectivity index (χ4v) is 4.62. The SMILES string of the molecule is O=[PH+]C(C1CCCCC1)C1CCCCC1. The summed E-state index contributed by atoms with van der Waals surface area (Å²) in [6.07, 6.45) is 13.8. The standard InChI is InChI=1S/C13H23OP/c14-15-13(11-7-3-1-4-8-11)12-9-5-2-6-10-12/h11-13H,1-10H2/p+1. The zero-order valence-corrected chi connectivity index (χ0v) is 10.7. The minimum absolute atomic E-state index is 0.0394. The third-order valence-corrected chi connectivity index (χ3v) is 5.67. The Morgan fingerprint density at radius 1 is 0.733 bits per heavy atom. The summed E-state index contributed by atoms with van der Waals surface area (Å²) in [6, 6.07) is 0. The molecule has 2 heteroatoms. The molecule has 1 nitrogen and oxygen atoms in total. The van der Waals surface area contributed by atoms with Gasteiger partial charge in [-0.05, 0) is 25.7 Å². The first-order valence-electron chi connectivity index (χ1n) is 6.79. The van der Waals surface area contributed by atoms with Crippen LogP contribution in [0, 0.1) is 11.8 Å². The molecule has 2 rings (SSSR count). The summed E-state index contributed by atoms with van der Waals surface area (Å²) < 4.78 is 11.5. The van der Waals surface area contributed by atoms with Gasteiger partial charge in [-0.1, -0.05) is 43.1 Å². The molecule has 0 aromatic heterocycles. The third-order valence-electron chi connectivity index (χ3n) is 4.45. The molecule has 0 aliphatic heterocycles. The van der Waals surface area contributed by atoms with Crippen LogP contribution in [-0.2, 0) is 4.57 Å². The largest absolute Gasteiger partial charge is 0.328 e. The van der Waals surface area contributed by atoms with Crippen molar-refractivity contribution >= 4 is 8.46 Å². The molecule has 1 atom stereocenters. The molecule has 2 fully saturated rings. The van der Waals surface area contributed by atoms with E-state index in [0.717, 1.165) is 11.8 Å². The number of rotatable bonds is 3. The van der Waals surface area contributed by atoms with Gasteiger partial charge >= 0.3 is 8.46 Å². The molecule has 0 spiro atoms. The summed E-state index contributed by atoms with van der Waals surface area (Å²) >= 11 is 0. The van der Waals surface area contributed by atoms with Crippen molar-refractivity contribution in [3.63, 3.8) is 0 Å². The van der Waals surface area contributed by atoms with E-state index < -0.39 is 0 Å². The Morgan fingerprint density at radius 3 is 1.47 bits per heavy atom. The molecule has 0 N–H and O–H groups in total. The van der Waals surface area contributed by atoms with Crippen LogP contribution in [-0.4, -0.2) is 5.66 Å². The highest BCUT2D eigenvalue weighted by atomic mass is 31.1. The van der Waals surface area contributed by atoms with Gasteiger partial charge < -0.3 is 0 Å². The first-order valence-corrected chi connectivity index (χ1v) is 7.78. The topological polar surface area (TPSA) is 17.1 Å². The van der Waals surface area contributed by atoms with Crippen LogP contribution in [0.4, 0.5) is 0 Å². The summed E-state index contributed by atoms with van der Waals surface area (Å²) in [5, 5.41) is 0. The lowest BCUT2D eigenvalue weighted by Gasteiger charge is -2.30. The van der Waals surface area contributed by atoms with Crippen LogP contribution in [0.15, 0.2) is 0 Å². The maximum Gasteiger partial charge on any atom is 0.328 e. The van der Waals surface area contributed by atoms with Crippen molar-refractivity contribution in [2.45, 2.75) is 69.9 Å².